The quantitative estimate of drug-likeness (QED) is 0.515. The molecular formula is C8H15FO. The molecule has 0 spiro atoms. The zero-order chi connectivity index (χ0) is 7.98. The Morgan fingerprint density at radius 2 is 2.10 bits per heavy atom. The van der Waals surface area contributed by atoms with Crippen LogP contribution in [0.3, 0.4) is 0 Å². The van der Waals surface area contributed by atoms with Gasteiger partial charge in [-0.1, -0.05) is 19.9 Å². The van der Waals surface area contributed by atoms with Crippen LogP contribution in [0, 0.1) is 5.92 Å². The van der Waals surface area contributed by atoms with Crippen LogP contribution in [0.1, 0.15) is 13.8 Å². The van der Waals surface area contributed by atoms with Crippen molar-refractivity contribution in [3.05, 3.63) is 11.6 Å². The molecule has 0 amide bonds. The van der Waals surface area contributed by atoms with Crippen LogP contribution >= 0.6 is 0 Å². The van der Waals surface area contributed by atoms with E-state index in [2.05, 4.69) is 19.9 Å². The predicted octanol–water partition coefficient (Wildman–Crippen LogP) is 2.18. The molecule has 0 aliphatic carbocycles. The lowest BCUT2D eigenvalue weighted by Gasteiger charge is -2.01. The van der Waals surface area contributed by atoms with E-state index >= 15 is 0 Å². The average Bonchev–Trinajstić information content (AvgIpc) is 2.42. The fourth-order valence-corrected chi connectivity index (χ4v) is 0.804. The molecular weight excluding hydrogens is 131 g/mol. The maximum atomic E-state index is 9.50. The molecule has 0 saturated heterocycles. The van der Waals surface area contributed by atoms with Gasteiger partial charge in [0.1, 0.15) is 0 Å². The minimum atomic E-state index is 0.500. The van der Waals surface area contributed by atoms with Crippen LogP contribution < -0.4 is 0 Å². The number of hydrogen-bond acceptors (Lipinski definition) is 1. The van der Waals surface area contributed by atoms with Crippen LogP contribution in [0.25, 0.3) is 0 Å². The molecule has 10 heavy (non-hydrogen) atoms. The Morgan fingerprint density at radius 1 is 1.50 bits per heavy atom. The molecule has 0 unspecified atom stereocenters. The number of alkyl halides is 1. The van der Waals surface area contributed by atoms with Gasteiger partial charge < -0.3 is 4.74 Å². The molecule has 1 aliphatic rings. The van der Waals surface area contributed by atoms with E-state index in [1.165, 1.54) is 5.57 Å². The summed E-state index contributed by atoms with van der Waals surface area (Å²) in [6.45, 7) is 6.08. The maximum absolute atomic E-state index is 9.50. The van der Waals surface area contributed by atoms with E-state index in [0.29, 0.717) is 13.1 Å². The first kappa shape index (κ1) is 9.63. The van der Waals surface area contributed by atoms with Crippen LogP contribution in [0.2, 0.25) is 0 Å². The van der Waals surface area contributed by atoms with Crippen molar-refractivity contribution in [3.8, 4) is 0 Å². The molecule has 0 radical (unpaired) electrons. The summed E-state index contributed by atoms with van der Waals surface area (Å²) in [7, 11) is 0.500. The molecule has 1 rings (SSSR count). The Hall–Kier alpha value is -0.370. The van der Waals surface area contributed by atoms with Crippen molar-refractivity contribution in [1.82, 2.24) is 0 Å². The summed E-state index contributed by atoms with van der Waals surface area (Å²) in [5.41, 5.74) is 1.45. The highest BCUT2D eigenvalue weighted by Gasteiger charge is 2.06. The van der Waals surface area contributed by atoms with Gasteiger partial charge in [-0.2, -0.15) is 0 Å². The Morgan fingerprint density at radius 3 is 2.30 bits per heavy atom. The summed E-state index contributed by atoms with van der Waals surface area (Å²) in [5.74, 6) is 0.678. The number of hydrogen-bond donors (Lipinski definition) is 0. The van der Waals surface area contributed by atoms with Crippen molar-refractivity contribution < 1.29 is 9.13 Å². The van der Waals surface area contributed by atoms with Crippen LogP contribution in [-0.2, 0) is 4.74 Å². The van der Waals surface area contributed by atoms with Gasteiger partial charge in [0, 0.05) is 0 Å². The minimum Gasteiger partial charge on any atom is -0.373 e. The largest absolute Gasteiger partial charge is 0.373 e. The van der Waals surface area contributed by atoms with Crippen LogP contribution in [-0.4, -0.2) is 20.4 Å². The van der Waals surface area contributed by atoms with Gasteiger partial charge in [-0.3, -0.25) is 4.39 Å². The van der Waals surface area contributed by atoms with Crippen molar-refractivity contribution in [1.29, 1.82) is 0 Å². The number of halogens is 1. The molecule has 0 aromatic heterocycles. The maximum Gasteiger partial charge on any atom is 0.0785 e. The van der Waals surface area contributed by atoms with Crippen LogP contribution in [0.15, 0.2) is 11.6 Å². The second kappa shape index (κ2) is 5.42. The smallest absolute Gasteiger partial charge is 0.0785 e. The van der Waals surface area contributed by atoms with E-state index in [4.69, 9.17) is 4.74 Å². The van der Waals surface area contributed by atoms with Gasteiger partial charge in [-0.15, -0.1) is 0 Å². The Bertz CT molecular complexity index is 108. The van der Waals surface area contributed by atoms with E-state index in [9.17, 15) is 4.39 Å². The molecule has 0 bridgehead atoms. The van der Waals surface area contributed by atoms with Gasteiger partial charge in [0.15, 0.2) is 0 Å². The minimum absolute atomic E-state index is 0.500. The predicted molar refractivity (Wildman–Crippen MR) is 40.8 cm³/mol. The molecule has 0 N–H and O–H groups in total. The second-order valence-corrected chi connectivity index (χ2v) is 2.45. The van der Waals surface area contributed by atoms with Crippen LogP contribution in [0.5, 0.6) is 0 Å². The van der Waals surface area contributed by atoms with Crippen LogP contribution in [0.4, 0.5) is 4.39 Å². The first-order valence-corrected chi connectivity index (χ1v) is 3.45. The van der Waals surface area contributed by atoms with Gasteiger partial charge >= 0.3 is 0 Å². The molecule has 1 heterocycles. The molecule has 0 saturated carbocycles. The number of ether oxygens (including phenoxy) is 1. The zero-order valence-corrected chi connectivity index (χ0v) is 6.86. The first-order valence-electron chi connectivity index (χ1n) is 3.45. The van der Waals surface area contributed by atoms with Crippen molar-refractivity contribution >= 4 is 0 Å². The third-order valence-electron chi connectivity index (χ3n) is 1.47. The summed E-state index contributed by atoms with van der Waals surface area (Å²) in [6, 6.07) is 0. The highest BCUT2D eigenvalue weighted by molar-refractivity contribution is 5.08. The van der Waals surface area contributed by atoms with Crippen molar-refractivity contribution in [2.24, 2.45) is 5.92 Å². The fourth-order valence-electron chi connectivity index (χ4n) is 0.804. The van der Waals surface area contributed by atoms with Crippen molar-refractivity contribution in [3.63, 3.8) is 0 Å². The van der Waals surface area contributed by atoms with Gasteiger partial charge in [0.05, 0.1) is 20.4 Å². The third kappa shape index (κ3) is 2.97. The lowest BCUT2D eigenvalue weighted by molar-refractivity contribution is 0.204. The van der Waals surface area contributed by atoms with Gasteiger partial charge in [0.2, 0.25) is 0 Å². The lowest BCUT2D eigenvalue weighted by atomic mass is 10.1. The lowest BCUT2D eigenvalue weighted by Crippen LogP contribution is -1.94. The second-order valence-electron chi connectivity index (χ2n) is 2.45. The standard InChI is InChI=1S/C7H12O.CH3F/c1-6(2)7-3-4-8-5-7;1-2/h3,6H,4-5H2,1-2H3;1H3. The van der Waals surface area contributed by atoms with Crippen molar-refractivity contribution in [2.45, 2.75) is 13.8 Å². The highest BCUT2D eigenvalue weighted by atomic mass is 19.1. The molecule has 0 atom stereocenters. The topological polar surface area (TPSA) is 9.23 Å². The molecule has 2 heteroatoms. The fraction of sp³-hybridized carbons (Fsp3) is 0.750. The van der Waals surface area contributed by atoms with E-state index < -0.39 is 0 Å². The first-order chi connectivity index (χ1) is 4.80. The van der Waals surface area contributed by atoms with E-state index in [1.54, 1.807) is 0 Å². The molecule has 1 aliphatic heterocycles. The molecule has 60 valence electrons. The monoisotopic (exact) mass is 146 g/mol. The SMILES string of the molecule is CC(C)C1=CCOC1.CF. The van der Waals surface area contributed by atoms with E-state index in [-0.39, 0.29) is 0 Å². The summed E-state index contributed by atoms with van der Waals surface area (Å²) in [5, 5.41) is 0. The normalized spacial score (nSPS) is 16.3. The van der Waals surface area contributed by atoms with E-state index in [0.717, 1.165) is 13.2 Å². The van der Waals surface area contributed by atoms with Gasteiger partial charge in [-0.05, 0) is 11.5 Å². The van der Waals surface area contributed by atoms with E-state index in [1.807, 2.05) is 0 Å². The highest BCUT2D eigenvalue weighted by Crippen LogP contribution is 2.13. The third-order valence-corrected chi connectivity index (χ3v) is 1.47. The molecule has 0 aromatic rings. The number of rotatable bonds is 1. The van der Waals surface area contributed by atoms with Gasteiger partial charge in [-0.25, -0.2) is 0 Å². The molecule has 0 fully saturated rings. The Balaban J connectivity index is 0.000000371. The van der Waals surface area contributed by atoms with Crippen molar-refractivity contribution in [2.75, 3.05) is 20.4 Å². The zero-order valence-electron chi connectivity index (χ0n) is 6.86. The Kier molecular flexibility index (Phi) is 5.22. The molecule has 1 nitrogen and oxygen atoms in total. The molecule has 0 aromatic carbocycles. The Labute approximate surface area is 61.9 Å². The summed E-state index contributed by atoms with van der Waals surface area (Å²) in [4.78, 5) is 0. The summed E-state index contributed by atoms with van der Waals surface area (Å²) < 4.78 is 14.6. The summed E-state index contributed by atoms with van der Waals surface area (Å²) in [6.07, 6.45) is 2.17. The average molecular weight is 146 g/mol. The van der Waals surface area contributed by atoms with Gasteiger partial charge in [0.25, 0.3) is 0 Å². The summed E-state index contributed by atoms with van der Waals surface area (Å²) >= 11 is 0.